The molecule has 1 aliphatic carbocycles. The van der Waals surface area contributed by atoms with E-state index in [1.165, 1.54) is 13.8 Å². The van der Waals surface area contributed by atoms with Crippen molar-refractivity contribution in [3.05, 3.63) is 0 Å². The summed E-state index contributed by atoms with van der Waals surface area (Å²) in [7, 11) is 0. The number of likely N-dealkylation sites (N-methyl/N-ethyl adjacent to an activating group) is 1. The van der Waals surface area contributed by atoms with E-state index in [4.69, 9.17) is 5.11 Å². The number of halogens is 3. The number of hydrogen-bond donors (Lipinski definition) is 1. The molecule has 2 amide bonds. The highest BCUT2D eigenvalue weighted by atomic mass is 19.4. The molecule has 0 aliphatic heterocycles. The smallest absolute Gasteiger partial charge is 0.406 e. The fourth-order valence-electron chi connectivity index (χ4n) is 1.97. The van der Waals surface area contributed by atoms with E-state index in [2.05, 4.69) is 0 Å². The number of hydrogen-bond acceptors (Lipinski definition) is 2. The van der Waals surface area contributed by atoms with Gasteiger partial charge in [-0.05, 0) is 33.6 Å². The Morgan fingerprint density at radius 1 is 1.25 bits per heavy atom. The fourth-order valence-corrected chi connectivity index (χ4v) is 1.97. The highest BCUT2D eigenvalue weighted by Gasteiger charge is 2.46. The molecule has 20 heavy (non-hydrogen) atoms. The maximum Gasteiger partial charge on any atom is 0.406 e. The van der Waals surface area contributed by atoms with Gasteiger partial charge in [-0.3, -0.25) is 0 Å². The van der Waals surface area contributed by atoms with E-state index < -0.39 is 36.3 Å². The fraction of sp³-hybridized carbons (Fsp3) is 0.833. The van der Waals surface area contributed by atoms with Gasteiger partial charge >= 0.3 is 18.2 Å². The summed E-state index contributed by atoms with van der Waals surface area (Å²) in [5.41, 5.74) is -1.55. The summed E-state index contributed by atoms with van der Waals surface area (Å²) in [5.74, 6) is -1.25. The number of amides is 2. The van der Waals surface area contributed by atoms with Gasteiger partial charge in [0.1, 0.15) is 12.1 Å². The number of rotatable bonds is 5. The maximum atomic E-state index is 12.5. The van der Waals surface area contributed by atoms with Crippen molar-refractivity contribution in [2.45, 2.75) is 51.4 Å². The van der Waals surface area contributed by atoms with Crippen molar-refractivity contribution in [3.8, 4) is 0 Å². The molecule has 5 nitrogen and oxygen atoms in total. The Bertz CT molecular complexity index is 392. The lowest BCUT2D eigenvalue weighted by Crippen LogP contribution is -2.58. The summed E-state index contributed by atoms with van der Waals surface area (Å²) >= 11 is 0. The number of aliphatic carboxylic acids is 1. The normalized spacial score (nSPS) is 15.9. The Hall–Kier alpha value is -1.47. The molecule has 1 saturated carbocycles. The first-order chi connectivity index (χ1) is 9.00. The summed E-state index contributed by atoms with van der Waals surface area (Å²) in [6.45, 7) is 2.83. The standard InChI is InChI=1S/C12H19F3N2O3/c1-4-17(11(2,3)9(18)19)10(20)16(8-5-6-8)7-12(13,14)15/h8H,4-7H2,1-3H3,(H,18,19). The molecular formula is C12H19F3N2O3. The molecule has 0 aromatic heterocycles. The summed E-state index contributed by atoms with van der Waals surface area (Å²) in [6.07, 6.45) is -3.45. The summed E-state index contributed by atoms with van der Waals surface area (Å²) in [6, 6.07) is -1.32. The van der Waals surface area contributed by atoms with Crippen LogP contribution >= 0.6 is 0 Å². The van der Waals surface area contributed by atoms with Gasteiger partial charge in [-0.1, -0.05) is 0 Å². The number of urea groups is 1. The average molecular weight is 296 g/mol. The van der Waals surface area contributed by atoms with Gasteiger partial charge in [0.05, 0.1) is 0 Å². The molecule has 0 spiro atoms. The van der Waals surface area contributed by atoms with Crippen LogP contribution in [0.1, 0.15) is 33.6 Å². The van der Waals surface area contributed by atoms with Gasteiger partial charge in [-0.2, -0.15) is 13.2 Å². The lowest BCUT2D eigenvalue weighted by atomic mass is 10.0. The Balaban J connectivity index is 2.95. The van der Waals surface area contributed by atoms with Gasteiger partial charge in [0, 0.05) is 12.6 Å². The van der Waals surface area contributed by atoms with Crippen molar-refractivity contribution >= 4 is 12.0 Å². The van der Waals surface area contributed by atoms with E-state index >= 15 is 0 Å². The minimum atomic E-state index is -4.50. The number of carbonyl (C=O) groups excluding carboxylic acids is 1. The number of alkyl halides is 3. The first kappa shape index (κ1) is 16.6. The number of carboxylic acids is 1. The van der Waals surface area contributed by atoms with Gasteiger partial charge in [0.15, 0.2) is 0 Å². The zero-order chi connectivity index (χ0) is 15.7. The van der Waals surface area contributed by atoms with Gasteiger partial charge in [0.2, 0.25) is 0 Å². The molecule has 0 aromatic carbocycles. The van der Waals surface area contributed by atoms with Crippen LogP contribution in [0.5, 0.6) is 0 Å². The molecule has 1 aliphatic rings. The summed E-state index contributed by atoms with van der Waals surface area (Å²) in [4.78, 5) is 25.1. The van der Waals surface area contributed by atoms with E-state index in [1.807, 2.05) is 0 Å². The van der Waals surface area contributed by atoms with Crippen LogP contribution in [0.2, 0.25) is 0 Å². The molecule has 0 radical (unpaired) electrons. The molecule has 0 aromatic rings. The van der Waals surface area contributed by atoms with Gasteiger partial charge in [0.25, 0.3) is 0 Å². The number of nitrogens with zero attached hydrogens (tertiary/aromatic N) is 2. The molecule has 0 heterocycles. The molecule has 0 saturated heterocycles. The molecule has 1 fully saturated rings. The Morgan fingerprint density at radius 2 is 1.75 bits per heavy atom. The minimum absolute atomic E-state index is 0.0270. The molecule has 0 bridgehead atoms. The molecule has 8 heteroatoms. The molecule has 1 N–H and O–H groups in total. The predicted octanol–water partition coefficient (Wildman–Crippen LogP) is 2.32. The molecule has 0 atom stereocenters. The molecular weight excluding hydrogens is 277 g/mol. The van der Waals surface area contributed by atoms with E-state index in [9.17, 15) is 22.8 Å². The second-order valence-corrected chi connectivity index (χ2v) is 5.37. The SMILES string of the molecule is CCN(C(=O)N(CC(F)(F)F)C1CC1)C(C)(C)C(=O)O. The largest absolute Gasteiger partial charge is 0.480 e. The van der Waals surface area contributed by atoms with Gasteiger partial charge in [-0.15, -0.1) is 0 Å². The van der Waals surface area contributed by atoms with Gasteiger partial charge < -0.3 is 14.9 Å². The molecule has 116 valence electrons. The molecule has 0 unspecified atom stereocenters. The third-order valence-electron chi connectivity index (χ3n) is 3.33. The maximum absolute atomic E-state index is 12.5. The van der Waals surface area contributed by atoms with Crippen LogP contribution in [0, 0.1) is 0 Å². The average Bonchev–Trinajstić information content (AvgIpc) is 3.08. The van der Waals surface area contributed by atoms with Crippen LogP contribution in [0.3, 0.4) is 0 Å². The first-order valence-electron chi connectivity index (χ1n) is 6.39. The zero-order valence-corrected chi connectivity index (χ0v) is 11.7. The monoisotopic (exact) mass is 296 g/mol. The van der Waals surface area contributed by atoms with Crippen LogP contribution < -0.4 is 0 Å². The first-order valence-corrected chi connectivity index (χ1v) is 6.39. The topological polar surface area (TPSA) is 60.9 Å². The van der Waals surface area contributed by atoms with Crippen LogP contribution in [-0.4, -0.2) is 57.8 Å². The minimum Gasteiger partial charge on any atom is -0.480 e. The zero-order valence-electron chi connectivity index (χ0n) is 11.7. The van der Waals surface area contributed by atoms with Crippen LogP contribution in [0.4, 0.5) is 18.0 Å². The molecule has 1 rings (SSSR count). The second-order valence-electron chi connectivity index (χ2n) is 5.37. The predicted molar refractivity (Wildman–Crippen MR) is 65.3 cm³/mol. The Labute approximate surface area is 115 Å². The summed E-state index contributed by atoms with van der Waals surface area (Å²) < 4.78 is 37.6. The highest BCUT2D eigenvalue weighted by Crippen LogP contribution is 2.32. The van der Waals surface area contributed by atoms with Crippen molar-refractivity contribution in [3.63, 3.8) is 0 Å². The van der Waals surface area contributed by atoms with E-state index in [0.717, 1.165) is 9.80 Å². The van der Waals surface area contributed by atoms with E-state index in [-0.39, 0.29) is 6.54 Å². The van der Waals surface area contributed by atoms with Gasteiger partial charge in [-0.25, -0.2) is 9.59 Å². The Kier molecular flexibility index (Phi) is 4.55. The van der Waals surface area contributed by atoms with Crippen molar-refractivity contribution in [1.82, 2.24) is 9.80 Å². The van der Waals surface area contributed by atoms with E-state index in [1.54, 1.807) is 6.92 Å². The lowest BCUT2D eigenvalue weighted by molar-refractivity contribution is -0.150. The Morgan fingerprint density at radius 3 is 2.05 bits per heavy atom. The third kappa shape index (κ3) is 3.77. The van der Waals surface area contributed by atoms with Crippen molar-refractivity contribution < 1.29 is 27.9 Å². The highest BCUT2D eigenvalue weighted by molar-refractivity contribution is 5.85. The van der Waals surface area contributed by atoms with Crippen LogP contribution in [-0.2, 0) is 4.79 Å². The lowest BCUT2D eigenvalue weighted by Gasteiger charge is -2.38. The number of carboxylic acid groups (broad SMARTS) is 1. The second kappa shape index (κ2) is 5.49. The third-order valence-corrected chi connectivity index (χ3v) is 3.33. The van der Waals surface area contributed by atoms with Crippen molar-refractivity contribution in [1.29, 1.82) is 0 Å². The van der Waals surface area contributed by atoms with Crippen molar-refractivity contribution in [2.24, 2.45) is 0 Å². The quantitative estimate of drug-likeness (QED) is 0.847. The van der Waals surface area contributed by atoms with Crippen LogP contribution in [0.15, 0.2) is 0 Å². The number of carbonyl (C=O) groups is 2. The van der Waals surface area contributed by atoms with Crippen molar-refractivity contribution in [2.75, 3.05) is 13.1 Å². The van der Waals surface area contributed by atoms with Crippen LogP contribution in [0.25, 0.3) is 0 Å². The summed E-state index contributed by atoms with van der Waals surface area (Å²) in [5, 5.41) is 9.13. The van der Waals surface area contributed by atoms with E-state index in [0.29, 0.717) is 12.8 Å².